The molecule has 1 aliphatic heterocycles. The number of aliphatic hydroxyl groups excluding tert-OH is 1. The minimum atomic E-state index is -1.61. The van der Waals surface area contributed by atoms with Crippen LogP contribution in [0.4, 0.5) is 4.79 Å². The predicted octanol–water partition coefficient (Wildman–Crippen LogP) is -2.26. The van der Waals surface area contributed by atoms with Gasteiger partial charge in [-0.25, -0.2) is 9.48 Å². The third-order valence-corrected chi connectivity index (χ3v) is 7.05. The van der Waals surface area contributed by atoms with Crippen LogP contribution in [-0.4, -0.2) is 90.8 Å². The lowest BCUT2D eigenvalue weighted by molar-refractivity contribution is -0.143. The van der Waals surface area contributed by atoms with Crippen molar-refractivity contribution < 1.29 is 34.1 Å². The van der Waals surface area contributed by atoms with Crippen LogP contribution in [0.15, 0.2) is 6.20 Å². The Bertz CT molecular complexity index is 1020. The average Bonchev–Trinajstić information content (AvgIpc) is 3.49. The Morgan fingerprint density at radius 2 is 1.89 bits per heavy atom. The second-order valence-electron chi connectivity index (χ2n) is 10.3. The molecule has 206 valence electrons. The molecule has 1 saturated heterocycles. The van der Waals surface area contributed by atoms with Crippen molar-refractivity contribution in [3.63, 3.8) is 0 Å². The Morgan fingerprint density at radius 1 is 1.24 bits per heavy atom. The van der Waals surface area contributed by atoms with Gasteiger partial charge in [0.1, 0.15) is 24.3 Å². The number of hydrogen-bond donors (Lipinski definition) is 6. The van der Waals surface area contributed by atoms with Gasteiger partial charge in [-0.15, -0.1) is 5.10 Å². The fourth-order valence-corrected chi connectivity index (χ4v) is 5.14. The third kappa shape index (κ3) is 6.17. The van der Waals surface area contributed by atoms with Crippen LogP contribution in [0.2, 0.25) is 0 Å². The zero-order chi connectivity index (χ0) is 27.5. The molecule has 1 aromatic heterocycles. The summed E-state index contributed by atoms with van der Waals surface area (Å²) >= 11 is 0. The van der Waals surface area contributed by atoms with Crippen molar-refractivity contribution in [3.05, 3.63) is 11.9 Å². The third-order valence-electron chi connectivity index (χ3n) is 7.05. The van der Waals surface area contributed by atoms with Gasteiger partial charge in [0.25, 0.3) is 0 Å². The molecule has 0 radical (unpaired) electrons. The molecule has 0 bridgehead atoms. The Morgan fingerprint density at radius 3 is 2.46 bits per heavy atom. The van der Waals surface area contributed by atoms with E-state index in [4.69, 9.17) is 17.2 Å². The molecule has 0 spiro atoms. The lowest BCUT2D eigenvalue weighted by Gasteiger charge is -2.41. The molecular weight excluding hydrogens is 488 g/mol. The molecule has 15 nitrogen and oxygen atoms in total. The van der Waals surface area contributed by atoms with E-state index in [0.29, 0.717) is 31.4 Å². The van der Waals surface area contributed by atoms with Gasteiger partial charge in [-0.2, -0.15) is 0 Å². The summed E-state index contributed by atoms with van der Waals surface area (Å²) in [5.74, 6) is -2.24. The number of primary amides is 2. The summed E-state index contributed by atoms with van der Waals surface area (Å²) in [4.78, 5) is 51.0. The highest BCUT2D eigenvalue weighted by atomic mass is 16.5. The second kappa shape index (κ2) is 11.0. The second-order valence-corrected chi connectivity index (χ2v) is 10.3. The largest absolute Gasteiger partial charge is 0.447 e. The molecule has 3 rings (SSSR count). The van der Waals surface area contributed by atoms with Crippen molar-refractivity contribution in [3.8, 4) is 0 Å². The normalized spacial score (nSPS) is 23.2. The number of amides is 4. The first-order chi connectivity index (χ1) is 17.3. The average molecular weight is 525 g/mol. The molecule has 9 N–H and O–H groups in total. The van der Waals surface area contributed by atoms with Gasteiger partial charge in [0.05, 0.1) is 23.5 Å². The van der Waals surface area contributed by atoms with Gasteiger partial charge in [-0.05, 0) is 26.7 Å². The Kier molecular flexibility index (Phi) is 8.39. The molecule has 2 heterocycles. The van der Waals surface area contributed by atoms with E-state index < -0.39 is 65.8 Å². The van der Waals surface area contributed by atoms with Crippen LogP contribution in [0.3, 0.4) is 0 Å². The first-order valence-electron chi connectivity index (χ1n) is 12.2. The molecule has 0 aromatic carbocycles. The highest BCUT2D eigenvalue weighted by Crippen LogP contribution is 2.34. The molecule has 1 aliphatic carbocycles. The molecule has 1 unspecified atom stereocenters. The molecule has 4 atom stereocenters. The summed E-state index contributed by atoms with van der Waals surface area (Å²) in [5, 5.41) is 31.9. The summed E-state index contributed by atoms with van der Waals surface area (Å²) < 4.78 is 6.11. The maximum absolute atomic E-state index is 13.6. The fourth-order valence-electron chi connectivity index (χ4n) is 5.14. The van der Waals surface area contributed by atoms with Crippen molar-refractivity contribution >= 4 is 23.8 Å². The predicted molar refractivity (Wildman–Crippen MR) is 127 cm³/mol. The van der Waals surface area contributed by atoms with E-state index in [0.717, 1.165) is 6.42 Å². The maximum atomic E-state index is 13.6. The van der Waals surface area contributed by atoms with Crippen LogP contribution in [0, 0.1) is 0 Å². The molecule has 1 aromatic rings. The number of ether oxygens (including phenoxy) is 1. The Hall–Kier alpha value is -3.30. The van der Waals surface area contributed by atoms with Crippen molar-refractivity contribution in [2.24, 2.45) is 17.2 Å². The number of aromatic nitrogens is 3. The molecule has 37 heavy (non-hydrogen) atoms. The first kappa shape index (κ1) is 28.3. The van der Waals surface area contributed by atoms with Crippen molar-refractivity contribution in [2.75, 3.05) is 13.2 Å². The van der Waals surface area contributed by atoms with Gasteiger partial charge in [0, 0.05) is 13.0 Å². The van der Waals surface area contributed by atoms with Crippen molar-refractivity contribution in [2.45, 2.75) is 87.7 Å². The van der Waals surface area contributed by atoms with Gasteiger partial charge >= 0.3 is 6.09 Å². The van der Waals surface area contributed by atoms with Crippen LogP contribution in [0.5, 0.6) is 0 Å². The van der Waals surface area contributed by atoms with Crippen LogP contribution in [0.25, 0.3) is 0 Å². The zero-order valence-electron chi connectivity index (χ0n) is 21.0. The summed E-state index contributed by atoms with van der Waals surface area (Å²) in [5.41, 5.74) is 14.1. The molecule has 2 aliphatic rings. The number of nitrogens with one attached hydrogen (secondary N) is 1. The van der Waals surface area contributed by atoms with Gasteiger partial charge in [-0.3, -0.25) is 14.4 Å². The smallest absolute Gasteiger partial charge is 0.404 e. The van der Waals surface area contributed by atoms with Crippen molar-refractivity contribution in [1.82, 2.24) is 25.2 Å². The van der Waals surface area contributed by atoms with E-state index in [9.17, 15) is 29.4 Å². The SMILES string of the molecule is CC(C)(O)c1cnnn1[C@H]1C[C@@H](C(=O)NC2(C(O)C(N)=O)CCCCC2)N(C(=O)[C@H](N)COC(N)=O)C1. The van der Waals surface area contributed by atoms with E-state index in [-0.39, 0.29) is 13.0 Å². The van der Waals surface area contributed by atoms with Gasteiger partial charge in [0.2, 0.25) is 17.7 Å². The quantitative estimate of drug-likeness (QED) is 0.202. The highest BCUT2D eigenvalue weighted by molar-refractivity contribution is 5.91. The summed E-state index contributed by atoms with van der Waals surface area (Å²) in [7, 11) is 0. The van der Waals surface area contributed by atoms with Gasteiger partial charge in [-0.1, -0.05) is 24.5 Å². The molecular formula is C22H36N8O7. The number of likely N-dealkylation sites (tertiary alicyclic amines) is 1. The Labute approximate surface area is 213 Å². The minimum absolute atomic E-state index is 0.0149. The fraction of sp³-hybridized carbons (Fsp3) is 0.727. The summed E-state index contributed by atoms with van der Waals surface area (Å²) in [6, 6.07) is -2.93. The topological polar surface area (TPSA) is 242 Å². The summed E-state index contributed by atoms with van der Waals surface area (Å²) in [6.07, 6.45) is 1.65. The standard InChI is InChI=1S/C22H36N8O7/c1-21(2,36)15-9-26-28-30(15)12-8-14(29(10-12)19(34)13(23)11-37-20(25)35)18(33)27-22(16(31)17(24)32)6-4-3-5-7-22/h9,12-14,16,31,36H,3-8,10-11,23H2,1-2H3,(H2,24,32)(H2,25,35)(H,27,33)/t12-,13+,14-,16?/m0/s1. The number of hydrogen-bond acceptors (Lipinski definition) is 10. The van der Waals surface area contributed by atoms with E-state index in [2.05, 4.69) is 20.4 Å². The first-order valence-corrected chi connectivity index (χ1v) is 12.2. The van der Waals surface area contributed by atoms with Crippen LogP contribution < -0.4 is 22.5 Å². The molecule has 2 fully saturated rings. The van der Waals surface area contributed by atoms with Crippen molar-refractivity contribution in [1.29, 1.82) is 0 Å². The highest BCUT2D eigenvalue weighted by Gasteiger charge is 2.48. The van der Waals surface area contributed by atoms with Gasteiger partial charge < -0.3 is 42.4 Å². The number of aliphatic hydroxyl groups is 2. The Balaban J connectivity index is 1.91. The van der Waals surface area contributed by atoms with Crippen LogP contribution in [0.1, 0.15) is 64.1 Å². The monoisotopic (exact) mass is 524 g/mol. The lowest BCUT2D eigenvalue weighted by atomic mass is 9.77. The summed E-state index contributed by atoms with van der Waals surface area (Å²) in [6.45, 7) is 2.60. The molecule has 4 amide bonds. The van der Waals surface area contributed by atoms with Gasteiger partial charge in [0.15, 0.2) is 6.10 Å². The number of nitrogens with two attached hydrogens (primary N) is 3. The minimum Gasteiger partial charge on any atom is -0.447 e. The number of carbonyl (C=O) groups is 4. The van der Waals surface area contributed by atoms with E-state index in [1.165, 1.54) is 15.8 Å². The maximum Gasteiger partial charge on any atom is 0.404 e. The number of carbonyl (C=O) groups excluding carboxylic acids is 4. The van der Waals surface area contributed by atoms with E-state index in [1.807, 2.05) is 0 Å². The lowest BCUT2D eigenvalue weighted by Crippen LogP contribution is -2.64. The molecule has 15 heteroatoms. The van der Waals surface area contributed by atoms with Crippen LogP contribution >= 0.6 is 0 Å². The van der Waals surface area contributed by atoms with Crippen LogP contribution in [-0.2, 0) is 24.7 Å². The molecule has 1 saturated carbocycles. The van der Waals surface area contributed by atoms with E-state index in [1.54, 1.807) is 13.8 Å². The zero-order valence-corrected chi connectivity index (χ0v) is 21.0. The number of rotatable bonds is 9. The van der Waals surface area contributed by atoms with E-state index >= 15 is 0 Å². The number of nitrogens with zero attached hydrogens (tertiary/aromatic N) is 4.